The highest BCUT2D eigenvalue weighted by Crippen LogP contribution is 2.26. The lowest BCUT2D eigenvalue weighted by Gasteiger charge is -2.20. The molecule has 2 nitrogen and oxygen atoms in total. The Morgan fingerprint density at radius 2 is 2.18 bits per heavy atom. The van der Waals surface area contributed by atoms with Crippen LogP contribution in [-0.4, -0.2) is 11.1 Å². The number of carboxylic acids is 1. The molecule has 0 rings (SSSR count). The summed E-state index contributed by atoms with van der Waals surface area (Å²) in [6.45, 7) is 5.57. The van der Waals surface area contributed by atoms with Crippen molar-refractivity contribution >= 4 is 5.97 Å². The predicted octanol–water partition coefficient (Wildman–Crippen LogP) is 2.45. The molecule has 0 aliphatic rings. The Bertz CT molecular complexity index is 161. The summed E-state index contributed by atoms with van der Waals surface area (Å²) in [6, 6.07) is 0. The van der Waals surface area contributed by atoms with Crippen molar-refractivity contribution in [3.63, 3.8) is 0 Å². The van der Waals surface area contributed by atoms with Gasteiger partial charge in [0.25, 0.3) is 0 Å². The van der Waals surface area contributed by atoms with Crippen LogP contribution in [-0.2, 0) is 4.79 Å². The number of carboxylic acid groups (broad SMARTS) is 1. The second-order valence-corrected chi connectivity index (χ2v) is 2.99. The van der Waals surface area contributed by atoms with E-state index in [1.165, 1.54) is 0 Å². The third-order valence-corrected chi connectivity index (χ3v) is 2.10. The second kappa shape index (κ2) is 4.16. The van der Waals surface area contributed by atoms with E-state index in [9.17, 15) is 4.79 Å². The lowest BCUT2D eigenvalue weighted by Crippen LogP contribution is -2.25. The summed E-state index contributed by atoms with van der Waals surface area (Å²) in [6.07, 6.45) is 5.08. The fourth-order valence-corrected chi connectivity index (χ4v) is 0.761. The molecule has 0 saturated carbocycles. The van der Waals surface area contributed by atoms with Crippen molar-refractivity contribution in [2.24, 2.45) is 5.41 Å². The van der Waals surface area contributed by atoms with Gasteiger partial charge in [-0.15, -0.1) is 0 Å². The van der Waals surface area contributed by atoms with Gasteiger partial charge in [-0.25, -0.2) is 0 Å². The van der Waals surface area contributed by atoms with Crippen molar-refractivity contribution in [2.75, 3.05) is 0 Å². The first-order chi connectivity index (χ1) is 5.06. The maximum atomic E-state index is 10.7. The molecule has 0 bridgehead atoms. The summed E-state index contributed by atoms with van der Waals surface area (Å²) >= 11 is 0. The maximum Gasteiger partial charge on any atom is 0.309 e. The molecule has 0 aliphatic heterocycles. The lowest BCUT2D eigenvalue weighted by molar-refractivity contribution is -0.147. The molecule has 0 aliphatic carbocycles. The zero-order valence-corrected chi connectivity index (χ0v) is 7.42. The standard InChI is InChI=1S/C9H16O2/c1-4-6-7-9(3,5-2)8(10)11/h4,6H,5,7H2,1-3H3,(H,10,11). The van der Waals surface area contributed by atoms with E-state index in [0.29, 0.717) is 12.8 Å². The van der Waals surface area contributed by atoms with Gasteiger partial charge in [0.15, 0.2) is 0 Å². The minimum absolute atomic E-state index is 0.577. The molecule has 0 spiro atoms. The van der Waals surface area contributed by atoms with Crippen LogP contribution in [0, 0.1) is 5.41 Å². The van der Waals surface area contributed by atoms with Gasteiger partial charge in [-0.1, -0.05) is 19.1 Å². The van der Waals surface area contributed by atoms with Crippen LogP contribution in [0.5, 0.6) is 0 Å². The predicted molar refractivity (Wildman–Crippen MR) is 45.5 cm³/mol. The van der Waals surface area contributed by atoms with Crippen molar-refractivity contribution in [3.8, 4) is 0 Å². The van der Waals surface area contributed by atoms with Gasteiger partial charge in [-0.2, -0.15) is 0 Å². The van der Waals surface area contributed by atoms with E-state index in [-0.39, 0.29) is 0 Å². The van der Waals surface area contributed by atoms with Gasteiger partial charge < -0.3 is 5.11 Å². The smallest absolute Gasteiger partial charge is 0.309 e. The maximum absolute atomic E-state index is 10.7. The van der Waals surface area contributed by atoms with E-state index in [2.05, 4.69) is 0 Å². The molecule has 1 atom stereocenters. The molecular formula is C9H16O2. The molecule has 11 heavy (non-hydrogen) atoms. The Hall–Kier alpha value is -0.790. The van der Waals surface area contributed by atoms with Gasteiger partial charge in [-0.3, -0.25) is 4.79 Å². The summed E-state index contributed by atoms with van der Waals surface area (Å²) in [5.41, 5.74) is -0.577. The SMILES string of the molecule is CC=CCC(C)(CC)C(=O)O. The number of allylic oxidation sites excluding steroid dienone is 2. The molecular weight excluding hydrogens is 140 g/mol. The molecule has 1 unspecified atom stereocenters. The Kier molecular flexibility index (Phi) is 3.86. The molecule has 64 valence electrons. The Morgan fingerprint density at radius 3 is 2.45 bits per heavy atom. The van der Waals surface area contributed by atoms with Crippen molar-refractivity contribution in [2.45, 2.75) is 33.6 Å². The van der Waals surface area contributed by atoms with Crippen molar-refractivity contribution in [1.29, 1.82) is 0 Å². The van der Waals surface area contributed by atoms with Crippen LogP contribution in [0.15, 0.2) is 12.2 Å². The van der Waals surface area contributed by atoms with Gasteiger partial charge in [-0.05, 0) is 26.7 Å². The quantitative estimate of drug-likeness (QED) is 0.635. The third kappa shape index (κ3) is 2.74. The molecule has 0 fully saturated rings. The first-order valence-corrected chi connectivity index (χ1v) is 3.91. The van der Waals surface area contributed by atoms with Gasteiger partial charge in [0.05, 0.1) is 5.41 Å². The fourth-order valence-electron chi connectivity index (χ4n) is 0.761. The van der Waals surface area contributed by atoms with E-state index < -0.39 is 11.4 Å². The van der Waals surface area contributed by atoms with Gasteiger partial charge >= 0.3 is 5.97 Å². The van der Waals surface area contributed by atoms with E-state index >= 15 is 0 Å². The topological polar surface area (TPSA) is 37.3 Å². The number of rotatable bonds is 4. The first kappa shape index (κ1) is 10.2. The van der Waals surface area contributed by atoms with E-state index in [4.69, 9.17) is 5.11 Å². The lowest BCUT2D eigenvalue weighted by atomic mass is 9.84. The Labute approximate surface area is 67.9 Å². The third-order valence-electron chi connectivity index (χ3n) is 2.10. The van der Waals surface area contributed by atoms with Crippen molar-refractivity contribution in [3.05, 3.63) is 12.2 Å². The van der Waals surface area contributed by atoms with Gasteiger partial charge in [0.2, 0.25) is 0 Å². The zero-order valence-electron chi connectivity index (χ0n) is 7.42. The second-order valence-electron chi connectivity index (χ2n) is 2.99. The van der Waals surface area contributed by atoms with Gasteiger partial charge in [0.1, 0.15) is 0 Å². The van der Waals surface area contributed by atoms with Crippen LogP contribution < -0.4 is 0 Å². The Balaban J connectivity index is 4.22. The zero-order chi connectivity index (χ0) is 8.91. The highest BCUT2D eigenvalue weighted by atomic mass is 16.4. The molecule has 0 heterocycles. The first-order valence-electron chi connectivity index (χ1n) is 3.91. The molecule has 0 aromatic rings. The monoisotopic (exact) mass is 156 g/mol. The van der Waals surface area contributed by atoms with E-state index in [1.54, 1.807) is 6.92 Å². The summed E-state index contributed by atoms with van der Waals surface area (Å²) in [5, 5.41) is 8.83. The molecule has 0 saturated heterocycles. The highest BCUT2D eigenvalue weighted by molar-refractivity contribution is 5.74. The van der Waals surface area contributed by atoms with Crippen LogP contribution in [0.2, 0.25) is 0 Å². The molecule has 0 aromatic heterocycles. The normalized spacial score (nSPS) is 16.6. The van der Waals surface area contributed by atoms with Crippen LogP contribution in [0.4, 0.5) is 0 Å². The molecule has 0 amide bonds. The van der Waals surface area contributed by atoms with Crippen molar-refractivity contribution in [1.82, 2.24) is 0 Å². The van der Waals surface area contributed by atoms with Gasteiger partial charge in [0, 0.05) is 0 Å². The van der Waals surface area contributed by atoms with E-state index in [0.717, 1.165) is 0 Å². The summed E-state index contributed by atoms with van der Waals surface area (Å²) in [7, 11) is 0. The summed E-state index contributed by atoms with van der Waals surface area (Å²) in [4.78, 5) is 10.7. The van der Waals surface area contributed by atoms with Crippen LogP contribution in [0.25, 0.3) is 0 Å². The largest absolute Gasteiger partial charge is 0.481 e. The fraction of sp³-hybridized carbons (Fsp3) is 0.667. The van der Waals surface area contributed by atoms with Crippen molar-refractivity contribution < 1.29 is 9.90 Å². The number of aliphatic carboxylic acids is 1. The Morgan fingerprint density at radius 1 is 1.64 bits per heavy atom. The van der Waals surface area contributed by atoms with Crippen LogP contribution in [0.1, 0.15) is 33.6 Å². The molecule has 1 N–H and O–H groups in total. The molecule has 0 radical (unpaired) electrons. The summed E-state index contributed by atoms with van der Waals surface area (Å²) in [5.74, 6) is -0.710. The molecule has 0 aromatic carbocycles. The molecule has 2 heteroatoms. The number of hydrogen-bond donors (Lipinski definition) is 1. The van der Waals surface area contributed by atoms with Crippen LogP contribution >= 0.6 is 0 Å². The average Bonchev–Trinajstić information content (AvgIpc) is 2.00. The summed E-state index contributed by atoms with van der Waals surface area (Å²) < 4.78 is 0. The minimum Gasteiger partial charge on any atom is -0.481 e. The number of hydrogen-bond acceptors (Lipinski definition) is 1. The average molecular weight is 156 g/mol. The highest BCUT2D eigenvalue weighted by Gasteiger charge is 2.29. The number of carbonyl (C=O) groups is 1. The van der Waals surface area contributed by atoms with E-state index in [1.807, 2.05) is 26.0 Å². The van der Waals surface area contributed by atoms with Crippen LogP contribution in [0.3, 0.4) is 0 Å². The minimum atomic E-state index is -0.710.